The highest BCUT2D eigenvalue weighted by atomic mass is 16.3. The number of aromatic amines is 1. The van der Waals surface area contributed by atoms with Gasteiger partial charge in [-0.05, 0) is 20.0 Å². The Kier molecular flexibility index (Phi) is 3.73. The maximum atomic E-state index is 10.1. The van der Waals surface area contributed by atoms with Gasteiger partial charge in [0.05, 0.1) is 17.8 Å². The molecule has 5 heteroatoms. The number of aromatic nitrogens is 2. The first-order valence-corrected chi connectivity index (χ1v) is 5.66. The lowest BCUT2D eigenvalue weighted by molar-refractivity contribution is 0.0148. The van der Waals surface area contributed by atoms with Crippen LogP contribution >= 0.6 is 0 Å². The van der Waals surface area contributed by atoms with Crippen LogP contribution in [-0.2, 0) is 0 Å². The molecule has 17 heavy (non-hydrogen) atoms. The third-order valence-corrected chi connectivity index (χ3v) is 2.88. The number of rotatable bonds is 5. The van der Waals surface area contributed by atoms with Gasteiger partial charge in [0.2, 0.25) is 0 Å². The molecule has 0 aliphatic carbocycles. The monoisotopic (exact) mass is 235 g/mol. The van der Waals surface area contributed by atoms with Crippen LogP contribution in [0, 0.1) is 0 Å². The van der Waals surface area contributed by atoms with E-state index < -0.39 is 12.2 Å². The molecule has 2 unspecified atom stereocenters. The number of fused-ring (bicyclic) bond motifs is 1. The molecule has 0 spiro atoms. The van der Waals surface area contributed by atoms with Crippen molar-refractivity contribution in [3.05, 3.63) is 30.0 Å². The maximum absolute atomic E-state index is 10.1. The van der Waals surface area contributed by atoms with Crippen molar-refractivity contribution >= 4 is 10.9 Å². The van der Waals surface area contributed by atoms with E-state index >= 15 is 0 Å². The van der Waals surface area contributed by atoms with Crippen molar-refractivity contribution in [1.29, 1.82) is 0 Å². The summed E-state index contributed by atoms with van der Waals surface area (Å²) in [5.74, 6) is 0. The predicted molar refractivity (Wildman–Crippen MR) is 65.6 cm³/mol. The summed E-state index contributed by atoms with van der Waals surface area (Å²) in [5.41, 5.74) is 1.46. The molecular weight excluding hydrogens is 218 g/mol. The second kappa shape index (κ2) is 5.27. The number of aliphatic hydroxyl groups is 2. The molecule has 4 N–H and O–H groups in total. The lowest BCUT2D eigenvalue weighted by atomic mass is 10.00. The van der Waals surface area contributed by atoms with Gasteiger partial charge < -0.3 is 15.5 Å². The van der Waals surface area contributed by atoms with Gasteiger partial charge in [-0.15, -0.1) is 0 Å². The Morgan fingerprint density at radius 1 is 1.41 bits per heavy atom. The van der Waals surface area contributed by atoms with Gasteiger partial charge in [-0.2, -0.15) is 5.10 Å². The highest BCUT2D eigenvalue weighted by Crippen LogP contribution is 2.25. The molecule has 0 saturated carbocycles. The number of para-hydroxylation sites is 1. The Morgan fingerprint density at radius 3 is 3.00 bits per heavy atom. The van der Waals surface area contributed by atoms with Crippen LogP contribution in [0.5, 0.6) is 0 Å². The summed E-state index contributed by atoms with van der Waals surface area (Å²) in [6.45, 7) is 0.664. The topological polar surface area (TPSA) is 81.2 Å². The number of hydrogen-bond donors (Lipinski definition) is 4. The van der Waals surface area contributed by atoms with Crippen molar-refractivity contribution < 1.29 is 10.2 Å². The normalized spacial score (nSPS) is 15.0. The van der Waals surface area contributed by atoms with E-state index in [2.05, 4.69) is 15.5 Å². The summed E-state index contributed by atoms with van der Waals surface area (Å²) in [6.07, 6.45) is 0.525. The predicted octanol–water partition coefficient (Wildman–Crippen LogP) is 0.567. The smallest absolute Gasteiger partial charge is 0.107 e. The summed E-state index contributed by atoms with van der Waals surface area (Å²) >= 11 is 0. The van der Waals surface area contributed by atoms with Crippen molar-refractivity contribution in [2.24, 2.45) is 0 Å². The number of aliphatic hydroxyl groups excluding tert-OH is 2. The first kappa shape index (κ1) is 12.0. The van der Waals surface area contributed by atoms with Crippen LogP contribution in [0.4, 0.5) is 0 Å². The standard InChI is InChI=1S/C12H17N3O2/c1-13-6-5-10(16)12(17)9-4-2-3-8-7-14-15-11(8)9/h2-4,7,10,12-13,16-17H,5-6H2,1H3,(H,14,15). The fraction of sp³-hybridized carbons (Fsp3) is 0.417. The van der Waals surface area contributed by atoms with E-state index in [-0.39, 0.29) is 0 Å². The van der Waals surface area contributed by atoms with Crippen molar-refractivity contribution in [1.82, 2.24) is 15.5 Å². The van der Waals surface area contributed by atoms with Gasteiger partial charge in [0.15, 0.2) is 0 Å². The van der Waals surface area contributed by atoms with Gasteiger partial charge in [0, 0.05) is 10.9 Å². The largest absolute Gasteiger partial charge is 0.390 e. The summed E-state index contributed by atoms with van der Waals surface area (Å²) in [5, 5.41) is 30.6. The molecule has 0 aliphatic rings. The quantitative estimate of drug-likeness (QED) is 0.610. The second-order valence-corrected chi connectivity index (χ2v) is 4.09. The Labute approximate surface area is 99.5 Å². The van der Waals surface area contributed by atoms with E-state index in [1.165, 1.54) is 0 Å². The van der Waals surface area contributed by atoms with Crippen LogP contribution in [0.1, 0.15) is 18.1 Å². The third kappa shape index (κ3) is 2.46. The van der Waals surface area contributed by atoms with Gasteiger partial charge in [-0.1, -0.05) is 18.2 Å². The Morgan fingerprint density at radius 2 is 2.24 bits per heavy atom. The molecule has 1 aromatic heterocycles. The van der Waals surface area contributed by atoms with Crippen LogP contribution in [0.15, 0.2) is 24.4 Å². The van der Waals surface area contributed by atoms with Crippen molar-refractivity contribution in [2.45, 2.75) is 18.6 Å². The summed E-state index contributed by atoms with van der Waals surface area (Å²) in [4.78, 5) is 0. The van der Waals surface area contributed by atoms with Crippen LogP contribution in [0.25, 0.3) is 10.9 Å². The molecule has 1 aromatic carbocycles. The molecule has 2 aromatic rings. The molecule has 2 atom stereocenters. The molecule has 0 amide bonds. The average molecular weight is 235 g/mol. The van der Waals surface area contributed by atoms with Crippen LogP contribution in [-0.4, -0.2) is 40.1 Å². The molecule has 92 valence electrons. The van der Waals surface area contributed by atoms with Crippen LogP contribution < -0.4 is 5.32 Å². The zero-order chi connectivity index (χ0) is 12.3. The zero-order valence-electron chi connectivity index (χ0n) is 9.72. The highest BCUT2D eigenvalue weighted by molar-refractivity contribution is 5.81. The third-order valence-electron chi connectivity index (χ3n) is 2.88. The number of H-pyrrole nitrogens is 1. The highest BCUT2D eigenvalue weighted by Gasteiger charge is 2.20. The van der Waals surface area contributed by atoms with Gasteiger partial charge in [-0.25, -0.2) is 0 Å². The maximum Gasteiger partial charge on any atom is 0.107 e. The van der Waals surface area contributed by atoms with Gasteiger partial charge in [0.25, 0.3) is 0 Å². The van der Waals surface area contributed by atoms with E-state index in [9.17, 15) is 10.2 Å². The number of benzene rings is 1. The molecule has 2 rings (SSSR count). The van der Waals surface area contributed by atoms with E-state index in [0.29, 0.717) is 18.5 Å². The lowest BCUT2D eigenvalue weighted by Crippen LogP contribution is -2.23. The minimum absolute atomic E-state index is 0.502. The summed E-state index contributed by atoms with van der Waals surface area (Å²) in [7, 11) is 1.81. The minimum Gasteiger partial charge on any atom is -0.390 e. The first-order chi connectivity index (χ1) is 8.24. The molecule has 0 bridgehead atoms. The molecule has 1 heterocycles. The van der Waals surface area contributed by atoms with Gasteiger partial charge in [0.1, 0.15) is 6.10 Å². The SMILES string of the molecule is CNCCC(O)C(O)c1cccc2cn[nH]c12. The number of nitrogens with one attached hydrogen (secondary N) is 2. The minimum atomic E-state index is -0.896. The van der Waals surface area contributed by atoms with Crippen molar-refractivity contribution in [3.63, 3.8) is 0 Å². The van der Waals surface area contributed by atoms with Crippen molar-refractivity contribution in [3.8, 4) is 0 Å². The first-order valence-electron chi connectivity index (χ1n) is 5.66. The lowest BCUT2D eigenvalue weighted by Gasteiger charge is -2.18. The molecule has 5 nitrogen and oxygen atoms in total. The van der Waals surface area contributed by atoms with E-state index in [4.69, 9.17) is 0 Å². The summed E-state index contributed by atoms with van der Waals surface area (Å²) < 4.78 is 0. The number of hydrogen-bond acceptors (Lipinski definition) is 4. The van der Waals surface area contributed by atoms with E-state index in [1.807, 2.05) is 19.2 Å². The number of nitrogens with zero attached hydrogens (tertiary/aromatic N) is 1. The average Bonchev–Trinajstić information content (AvgIpc) is 2.82. The fourth-order valence-corrected chi connectivity index (χ4v) is 1.90. The van der Waals surface area contributed by atoms with E-state index in [0.717, 1.165) is 10.9 Å². The van der Waals surface area contributed by atoms with Crippen LogP contribution in [0.3, 0.4) is 0 Å². The Hall–Kier alpha value is -1.43. The molecule has 0 saturated heterocycles. The van der Waals surface area contributed by atoms with Gasteiger partial charge >= 0.3 is 0 Å². The Bertz CT molecular complexity index is 483. The molecule has 0 fully saturated rings. The van der Waals surface area contributed by atoms with Gasteiger partial charge in [-0.3, -0.25) is 5.10 Å². The molecular formula is C12H17N3O2. The Balaban J connectivity index is 2.23. The van der Waals surface area contributed by atoms with E-state index in [1.54, 1.807) is 12.3 Å². The fourth-order valence-electron chi connectivity index (χ4n) is 1.90. The summed E-state index contributed by atoms with van der Waals surface area (Å²) in [6, 6.07) is 5.56. The molecule has 0 aliphatic heterocycles. The van der Waals surface area contributed by atoms with Crippen molar-refractivity contribution in [2.75, 3.05) is 13.6 Å². The molecule has 0 radical (unpaired) electrons. The second-order valence-electron chi connectivity index (χ2n) is 4.09. The van der Waals surface area contributed by atoms with Crippen LogP contribution in [0.2, 0.25) is 0 Å². The zero-order valence-corrected chi connectivity index (χ0v) is 9.72.